The number of aromatic carboxylic acids is 1. The number of carboxylic acids is 1. The van der Waals surface area contributed by atoms with E-state index < -0.39 is 35.3 Å². The molecule has 0 aromatic heterocycles. The number of hydrogen-bond donors (Lipinski definition) is 2. The maximum Gasteiger partial charge on any atom is 0.335 e. The van der Waals surface area contributed by atoms with Crippen molar-refractivity contribution in [1.29, 1.82) is 0 Å². The summed E-state index contributed by atoms with van der Waals surface area (Å²) in [4.78, 5) is 38.4. The van der Waals surface area contributed by atoms with Gasteiger partial charge in [-0.1, -0.05) is 54.6 Å². The third-order valence-electron chi connectivity index (χ3n) is 5.06. The van der Waals surface area contributed by atoms with Gasteiger partial charge in [0.05, 0.1) is 17.2 Å². The number of rotatable bonds is 4. The summed E-state index contributed by atoms with van der Waals surface area (Å²) in [6, 6.07) is 17.9. The normalized spacial score (nSPS) is 17.7. The zero-order chi connectivity index (χ0) is 22.1. The van der Waals surface area contributed by atoms with Gasteiger partial charge in [-0.25, -0.2) is 9.18 Å². The Morgan fingerprint density at radius 2 is 1.48 bits per heavy atom. The van der Waals surface area contributed by atoms with E-state index in [0.717, 1.165) is 4.90 Å². The van der Waals surface area contributed by atoms with E-state index in [1.54, 1.807) is 36.4 Å². The molecular weight excluding hydrogens is 401 g/mol. The molecule has 1 amide bonds. The van der Waals surface area contributed by atoms with Gasteiger partial charge in [0.25, 0.3) is 11.7 Å². The molecule has 1 fully saturated rings. The second-order valence-corrected chi connectivity index (χ2v) is 6.91. The van der Waals surface area contributed by atoms with Crippen LogP contribution in [-0.2, 0) is 9.59 Å². The van der Waals surface area contributed by atoms with Gasteiger partial charge in [0.2, 0.25) is 0 Å². The van der Waals surface area contributed by atoms with Crippen molar-refractivity contribution in [3.63, 3.8) is 0 Å². The second-order valence-electron chi connectivity index (χ2n) is 6.91. The molecule has 0 aliphatic carbocycles. The van der Waals surface area contributed by atoms with Crippen LogP contribution in [0.1, 0.15) is 27.5 Å². The van der Waals surface area contributed by atoms with Crippen LogP contribution in [0.4, 0.5) is 10.1 Å². The van der Waals surface area contributed by atoms with E-state index in [9.17, 15) is 29.0 Å². The first kappa shape index (κ1) is 20.0. The SMILES string of the molecule is O=C1C(=O)N(c2cccc(C(=O)O)c2)[C@@H](c2ccccc2F)/C1=C(\O)c1ccccc1. The van der Waals surface area contributed by atoms with Crippen molar-refractivity contribution < 1.29 is 29.0 Å². The number of amides is 1. The molecule has 3 aromatic carbocycles. The summed E-state index contributed by atoms with van der Waals surface area (Å²) < 4.78 is 14.8. The minimum atomic E-state index is -1.27. The van der Waals surface area contributed by atoms with Crippen molar-refractivity contribution in [1.82, 2.24) is 0 Å². The molecular formula is C24H16FNO5. The number of carboxylic acid groups (broad SMARTS) is 1. The largest absolute Gasteiger partial charge is 0.507 e. The number of nitrogens with zero attached hydrogens (tertiary/aromatic N) is 1. The first-order valence-corrected chi connectivity index (χ1v) is 9.34. The first-order chi connectivity index (χ1) is 14.9. The molecule has 1 heterocycles. The molecule has 1 saturated heterocycles. The summed E-state index contributed by atoms with van der Waals surface area (Å²) >= 11 is 0. The maximum absolute atomic E-state index is 14.8. The fraction of sp³-hybridized carbons (Fsp3) is 0.0417. The number of benzene rings is 3. The zero-order valence-corrected chi connectivity index (χ0v) is 16.0. The molecule has 3 aromatic rings. The average molecular weight is 417 g/mol. The highest BCUT2D eigenvalue weighted by atomic mass is 19.1. The number of carbonyl (C=O) groups is 3. The van der Waals surface area contributed by atoms with Gasteiger partial charge in [0.1, 0.15) is 11.6 Å². The number of Topliss-reactive ketones (excluding diaryl/α,β-unsaturated/α-hetero) is 1. The van der Waals surface area contributed by atoms with Crippen LogP contribution in [-0.4, -0.2) is 27.9 Å². The monoisotopic (exact) mass is 417 g/mol. The van der Waals surface area contributed by atoms with Crippen molar-refractivity contribution in [3.8, 4) is 0 Å². The number of carbonyl (C=O) groups excluding carboxylic acids is 2. The van der Waals surface area contributed by atoms with Gasteiger partial charge in [-0.05, 0) is 24.3 Å². The number of hydrogen-bond acceptors (Lipinski definition) is 4. The van der Waals surface area contributed by atoms with Crippen molar-refractivity contribution in [3.05, 3.63) is 107 Å². The Kier molecular flexibility index (Phi) is 5.09. The fourth-order valence-corrected chi connectivity index (χ4v) is 3.63. The zero-order valence-electron chi connectivity index (χ0n) is 16.0. The summed E-state index contributed by atoms with van der Waals surface area (Å²) in [5, 5.41) is 20.2. The molecule has 7 heteroatoms. The molecule has 1 aliphatic rings. The van der Waals surface area contributed by atoms with E-state index in [-0.39, 0.29) is 22.4 Å². The molecule has 0 unspecified atom stereocenters. The summed E-state index contributed by atoms with van der Waals surface area (Å²) in [6.07, 6.45) is 0. The predicted octanol–water partition coefficient (Wildman–Crippen LogP) is 4.15. The fourth-order valence-electron chi connectivity index (χ4n) is 3.63. The predicted molar refractivity (Wildman–Crippen MR) is 111 cm³/mol. The third-order valence-corrected chi connectivity index (χ3v) is 5.06. The van der Waals surface area contributed by atoms with Crippen LogP contribution in [0.15, 0.2) is 84.4 Å². The minimum absolute atomic E-state index is 0.0000841. The number of aliphatic hydroxyl groups is 1. The lowest BCUT2D eigenvalue weighted by Gasteiger charge is -2.26. The number of ketones is 1. The highest BCUT2D eigenvalue weighted by molar-refractivity contribution is 6.51. The number of anilines is 1. The van der Waals surface area contributed by atoms with Gasteiger partial charge in [0, 0.05) is 16.8 Å². The summed E-state index contributed by atoms with van der Waals surface area (Å²) in [5.41, 5.74) is 0.0140. The molecule has 0 radical (unpaired) electrons. The lowest BCUT2D eigenvalue weighted by Crippen LogP contribution is -2.30. The lowest BCUT2D eigenvalue weighted by molar-refractivity contribution is -0.132. The van der Waals surface area contributed by atoms with Gasteiger partial charge in [-0.3, -0.25) is 14.5 Å². The number of halogens is 1. The van der Waals surface area contributed by atoms with Crippen LogP contribution in [0.25, 0.3) is 5.76 Å². The van der Waals surface area contributed by atoms with Crippen LogP contribution in [0.5, 0.6) is 0 Å². The molecule has 1 atom stereocenters. The molecule has 2 N–H and O–H groups in total. The molecule has 0 bridgehead atoms. The molecule has 0 spiro atoms. The van der Waals surface area contributed by atoms with Gasteiger partial charge in [-0.15, -0.1) is 0 Å². The summed E-state index contributed by atoms with van der Waals surface area (Å²) in [5.74, 6) is -4.31. The highest BCUT2D eigenvalue weighted by Crippen LogP contribution is 2.43. The lowest BCUT2D eigenvalue weighted by atomic mass is 9.94. The topological polar surface area (TPSA) is 94.9 Å². The third kappa shape index (κ3) is 3.46. The van der Waals surface area contributed by atoms with E-state index in [2.05, 4.69) is 0 Å². The maximum atomic E-state index is 14.8. The van der Waals surface area contributed by atoms with E-state index in [1.165, 1.54) is 42.5 Å². The van der Waals surface area contributed by atoms with Crippen molar-refractivity contribution >= 4 is 29.1 Å². The quantitative estimate of drug-likeness (QED) is 0.378. The average Bonchev–Trinajstić information content (AvgIpc) is 3.04. The smallest absolute Gasteiger partial charge is 0.335 e. The van der Waals surface area contributed by atoms with E-state index in [1.807, 2.05) is 0 Å². The van der Waals surface area contributed by atoms with Crippen LogP contribution in [0, 0.1) is 5.82 Å². The van der Waals surface area contributed by atoms with Crippen molar-refractivity contribution in [2.24, 2.45) is 0 Å². The Morgan fingerprint density at radius 3 is 2.16 bits per heavy atom. The van der Waals surface area contributed by atoms with Crippen LogP contribution in [0.2, 0.25) is 0 Å². The van der Waals surface area contributed by atoms with Gasteiger partial charge < -0.3 is 10.2 Å². The Hall–Kier alpha value is -4.26. The van der Waals surface area contributed by atoms with Gasteiger partial charge in [-0.2, -0.15) is 0 Å². The van der Waals surface area contributed by atoms with Crippen LogP contribution < -0.4 is 4.90 Å². The van der Waals surface area contributed by atoms with Crippen LogP contribution in [0.3, 0.4) is 0 Å². The van der Waals surface area contributed by atoms with Crippen molar-refractivity contribution in [2.45, 2.75) is 6.04 Å². The van der Waals surface area contributed by atoms with Crippen LogP contribution >= 0.6 is 0 Å². The van der Waals surface area contributed by atoms with E-state index in [0.29, 0.717) is 5.56 Å². The van der Waals surface area contributed by atoms with E-state index in [4.69, 9.17) is 0 Å². The Bertz CT molecular complexity index is 1240. The molecule has 1 aliphatic heterocycles. The minimum Gasteiger partial charge on any atom is -0.507 e. The Balaban J connectivity index is 1.98. The molecule has 6 nitrogen and oxygen atoms in total. The standard InChI is InChI=1S/C24H16FNO5/c25-18-12-5-4-11-17(18)20-19(21(27)14-7-2-1-3-8-14)22(28)23(29)26(20)16-10-6-9-15(13-16)24(30)31/h1-13,20,27H,(H,30,31)/b21-19+/t20-/m0/s1. The number of aliphatic hydroxyl groups excluding tert-OH is 1. The summed E-state index contributed by atoms with van der Waals surface area (Å²) in [6.45, 7) is 0. The molecule has 4 rings (SSSR count). The molecule has 154 valence electrons. The first-order valence-electron chi connectivity index (χ1n) is 9.34. The molecule has 0 saturated carbocycles. The molecule has 31 heavy (non-hydrogen) atoms. The van der Waals surface area contributed by atoms with Gasteiger partial charge >= 0.3 is 5.97 Å². The van der Waals surface area contributed by atoms with Crippen molar-refractivity contribution in [2.75, 3.05) is 4.90 Å². The summed E-state index contributed by atoms with van der Waals surface area (Å²) in [7, 11) is 0. The second kappa shape index (κ2) is 7.87. The van der Waals surface area contributed by atoms with E-state index >= 15 is 0 Å². The Morgan fingerprint density at radius 1 is 0.839 bits per heavy atom. The Labute approximate surface area is 176 Å². The van der Waals surface area contributed by atoms with Gasteiger partial charge in [0.15, 0.2) is 0 Å². The highest BCUT2D eigenvalue weighted by Gasteiger charge is 2.47.